The fourth-order valence-corrected chi connectivity index (χ4v) is 5.39. The summed E-state index contributed by atoms with van der Waals surface area (Å²) in [7, 11) is -4.19. The minimum Gasteiger partial charge on any atom is -0.325 e. The van der Waals surface area contributed by atoms with Crippen molar-refractivity contribution in [2.24, 2.45) is 0 Å². The number of thiazole rings is 1. The Morgan fingerprint density at radius 1 is 1.28 bits per heavy atom. The summed E-state index contributed by atoms with van der Waals surface area (Å²) in [5, 5.41) is 3.67. The van der Waals surface area contributed by atoms with Gasteiger partial charge in [-0.25, -0.2) is 17.8 Å². The average molecular weight is 454 g/mol. The Morgan fingerprint density at radius 2 is 2.03 bits per heavy atom. The number of aromatic nitrogens is 1. The summed E-state index contributed by atoms with van der Waals surface area (Å²) in [6.45, 7) is 1.90. The van der Waals surface area contributed by atoms with Gasteiger partial charge in [0.15, 0.2) is 0 Å². The smallest absolute Gasteiger partial charge is 0.244 e. The number of hydrogen-bond donors (Lipinski definition) is 2. The number of aryl methyl sites for hydroxylation is 1. The van der Waals surface area contributed by atoms with Crippen LogP contribution in [0.25, 0.3) is 10.2 Å². The molecule has 0 saturated heterocycles. The first-order valence-corrected chi connectivity index (χ1v) is 12.4. The SMILES string of the molecule is CSCC[C@@H](NS(=O)(=O)c1ccccc1F)C(=O)Nc1ccc2nc(C)sc2c1. The van der Waals surface area contributed by atoms with Gasteiger partial charge < -0.3 is 5.32 Å². The molecular formula is C19H20FN3O3S3. The summed E-state index contributed by atoms with van der Waals surface area (Å²) in [6.07, 6.45) is 2.13. The van der Waals surface area contributed by atoms with Gasteiger partial charge in [-0.3, -0.25) is 4.79 Å². The molecule has 0 aliphatic carbocycles. The van der Waals surface area contributed by atoms with Crippen LogP contribution in [0.1, 0.15) is 11.4 Å². The van der Waals surface area contributed by atoms with Crippen molar-refractivity contribution in [2.45, 2.75) is 24.3 Å². The van der Waals surface area contributed by atoms with Crippen LogP contribution >= 0.6 is 23.1 Å². The molecule has 0 fully saturated rings. The zero-order chi connectivity index (χ0) is 21.0. The average Bonchev–Trinajstić information content (AvgIpc) is 3.04. The van der Waals surface area contributed by atoms with E-state index in [9.17, 15) is 17.6 Å². The highest BCUT2D eigenvalue weighted by Gasteiger charge is 2.27. The molecule has 3 rings (SSSR count). The van der Waals surface area contributed by atoms with Gasteiger partial charge in [-0.05, 0) is 55.7 Å². The van der Waals surface area contributed by atoms with E-state index >= 15 is 0 Å². The molecule has 29 heavy (non-hydrogen) atoms. The van der Waals surface area contributed by atoms with Gasteiger partial charge in [0.05, 0.1) is 15.2 Å². The van der Waals surface area contributed by atoms with Crippen LogP contribution in [0, 0.1) is 12.7 Å². The van der Waals surface area contributed by atoms with E-state index in [2.05, 4.69) is 15.0 Å². The third kappa shape index (κ3) is 5.33. The molecule has 154 valence electrons. The van der Waals surface area contributed by atoms with Crippen molar-refractivity contribution in [1.82, 2.24) is 9.71 Å². The summed E-state index contributed by atoms with van der Waals surface area (Å²) in [6, 6.07) is 9.36. The highest BCUT2D eigenvalue weighted by molar-refractivity contribution is 7.98. The van der Waals surface area contributed by atoms with Crippen molar-refractivity contribution < 1.29 is 17.6 Å². The Bertz CT molecular complexity index is 1130. The third-order valence-electron chi connectivity index (χ3n) is 4.11. The molecule has 10 heteroatoms. The van der Waals surface area contributed by atoms with Crippen molar-refractivity contribution in [2.75, 3.05) is 17.3 Å². The number of amides is 1. The molecule has 1 amide bonds. The second-order valence-corrected chi connectivity index (χ2v) is 10.2. The fraction of sp³-hybridized carbons (Fsp3) is 0.263. The van der Waals surface area contributed by atoms with Gasteiger partial charge in [-0.2, -0.15) is 16.5 Å². The van der Waals surface area contributed by atoms with Crippen molar-refractivity contribution in [3.8, 4) is 0 Å². The van der Waals surface area contributed by atoms with Crippen molar-refractivity contribution in [1.29, 1.82) is 0 Å². The Kier molecular flexibility index (Phi) is 6.89. The zero-order valence-corrected chi connectivity index (χ0v) is 18.3. The van der Waals surface area contributed by atoms with Crippen LogP contribution in [-0.4, -0.2) is 37.4 Å². The van der Waals surface area contributed by atoms with Crippen LogP contribution in [0.15, 0.2) is 47.4 Å². The van der Waals surface area contributed by atoms with E-state index in [1.54, 1.807) is 18.2 Å². The van der Waals surface area contributed by atoms with E-state index in [4.69, 9.17) is 0 Å². The standard InChI is InChI=1S/C19H20FN3O3S3/c1-12-21-15-8-7-13(11-17(15)28-12)22-19(24)16(9-10-27-2)23-29(25,26)18-6-4-3-5-14(18)20/h3-8,11,16,23H,9-10H2,1-2H3,(H,22,24)/t16-/m1/s1. The Hall–Kier alpha value is -2.01. The minimum absolute atomic E-state index is 0.266. The molecule has 6 nitrogen and oxygen atoms in total. The van der Waals surface area contributed by atoms with E-state index in [-0.39, 0.29) is 6.42 Å². The first-order valence-electron chi connectivity index (χ1n) is 8.74. The number of hydrogen-bond acceptors (Lipinski definition) is 6. The lowest BCUT2D eigenvalue weighted by atomic mass is 10.2. The van der Waals surface area contributed by atoms with Crippen LogP contribution in [-0.2, 0) is 14.8 Å². The van der Waals surface area contributed by atoms with E-state index < -0.39 is 32.7 Å². The predicted octanol–water partition coefficient (Wildman–Crippen LogP) is 3.78. The van der Waals surface area contributed by atoms with Crippen LogP contribution < -0.4 is 10.0 Å². The van der Waals surface area contributed by atoms with Gasteiger partial charge >= 0.3 is 0 Å². The highest BCUT2D eigenvalue weighted by atomic mass is 32.2. The van der Waals surface area contributed by atoms with Crippen LogP contribution in [0.5, 0.6) is 0 Å². The molecular weight excluding hydrogens is 433 g/mol. The summed E-state index contributed by atoms with van der Waals surface area (Å²) < 4.78 is 42.5. The predicted molar refractivity (Wildman–Crippen MR) is 116 cm³/mol. The molecule has 0 spiro atoms. The molecule has 3 aromatic rings. The summed E-state index contributed by atoms with van der Waals surface area (Å²) in [5.41, 5.74) is 1.38. The summed E-state index contributed by atoms with van der Waals surface area (Å²) in [4.78, 5) is 16.7. The highest BCUT2D eigenvalue weighted by Crippen LogP contribution is 2.25. The number of benzene rings is 2. The minimum atomic E-state index is -4.19. The molecule has 2 N–H and O–H groups in total. The van der Waals surface area contributed by atoms with Gasteiger partial charge in [0.25, 0.3) is 0 Å². The van der Waals surface area contributed by atoms with E-state index in [0.717, 1.165) is 21.3 Å². The Labute approximate surface area is 177 Å². The number of sulfonamides is 1. The second kappa shape index (κ2) is 9.21. The van der Waals surface area contributed by atoms with E-state index in [1.807, 2.05) is 13.2 Å². The van der Waals surface area contributed by atoms with Gasteiger partial charge in [-0.1, -0.05) is 12.1 Å². The second-order valence-electron chi connectivity index (χ2n) is 6.29. The maximum atomic E-state index is 14.0. The van der Waals surface area contributed by atoms with E-state index in [0.29, 0.717) is 11.4 Å². The van der Waals surface area contributed by atoms with Gasteiger partial charge in [0.1, 0.15) is 16.8 Å². The number of carbonyl (C=O) groups excluding carboxylic acids is 1. The molecule has 1 heterocycles. The van der Waals surface area contributed by atoms with Crippen LogP contribution in [0.2, 0.25) is 0 Å². The van der Waals surface area contributed by atoms with Gasteiger partial charge in [-0.15, -0.1) is 11.3 Å². The number of anilines is 1. The molecule has 1 atom stereocenters. The molecule has 1 aromatic heterocycles. The fourth-order valence-electron chi connectivity index (χ4n) is 2.74. The number of rotatable bonds is 8. The molecule has 0 saturated carbocycles. The first-order chi connectivity index (χ1) is 13.8. The molecule has 0 radical (unpaired) electrons. The molecule has 0 bridgehead atoms. The monoisotopic (exact) mass is 453 g/mol. The lowest BCUT2D eigenvalue weighted by Crippen LogP contribution is -2.44. The normalized spacial score (nSPS) is 12.8. The van der Waals surface area contributed by atoms with Crippen LogP contribution in [0.3, 0.4) is 0 Å². The number of thioether (sulfide) groups is 1. The van der Waals surface area contributed by atoms with Crippen LogP contribution in [0.4, 0.5) is 10.1 Å². The lowest BCUT2D eigenvalue weighted by Gasteiger charge is -2.18. The Morgan fingerprint density at radius 3 is 2.76 bits per heavy atom. The molecule has 2 aromatic carbocycles. The number of fused-ring (bicyclic) bond motifs is 1. The number of carbonyl (C=O) groups is 1. The quantitative estimate of drug-likeness (QED) is 0.542. The van der Waals surface area contributed by atoms with Gasteiger partial charge in [0.2, 0.25) is 15.9 Å². The van der Waals surface area contributed by atoms with Gasteiger partial charge in [0, 0.05) is 5.69 Å². The maximum absolute atomic E-state index is 14.0. The number of halogens is 1. The molecule has 0 unspecified atom stereocenters. The molecule has 0 aliphatic rings. The first kappa shape index (κ1) is 21.7. The third-order valence-corrected chi connectivity index (χ3v) is 7.20. The Balaban J connectivity index is 1.81. The van der Waals surface area contributed by atoms with Crippen molar-refractivity contribution in [3.05, 3.63) is 53.3 Å². The van der Waals surface area contributed by atoms with Crippen molar-refractivity contribution >= 4 is 54.9 Å². The number of nitrogens with zero attached hydrogens (tertiary/aromatic N) is 1. The van der Waals surface area contributed by atoms with E-state index in [1.165, 1.54) is 41.3 Å². The molecule has 0 aliphatic heterocycles. The number of nitrogens with one attached hydrogen (secondary N) is 2. The summed E-state index contributed by atoms with van der Waals surface area (Å²) >= 11 is 2.99. The summed E-state index contributed by atoms with van der Waals surface area (Å²) in [5.74, 6) is -0.806. The topological polar surface area (TPSA) is 88.2 Å². The lowest BCUT2D eigenvalue weighted by molar-refractivity contribution is -0.117. The zero-order valence-electron chi connectivity index (χ0n) is 15.8. The maximum Gasteiger partial charge on any atom is 0.244 e. The van der Waals surface area contributed by atoms with Crippen molar-refractivity contribution in [3.63, 3.8) is 0 Å². The largest absolute Gasteiger partial charge is 0.325 e.